The van der Waals surface area contributed by atoms with Crippen LogP contribution in [-0.2, 0) is 0 Å². The van der Waals surface area contributed by atoms with Crippen molar-refractivity contribution < 1.29 is 4.39 Å². The Morgan fingerprint density at radius 3 is 2.41 bits per heavy atom. The van der Waals surface area contributed by atoms with Gasteiger partial charge in [0.1, 0.15) is 0 Å². The second-order valence-corrected chi connectivity index (χ2v) is 5.25. The first-order valence-electron chi connectivity index (χ1n) is 6.88. The maximum atomic E-state index is 12.6. The second kappa shape index (κ2) is 8.48. The molecule has 3 heteroatoms. The molecular weight excluding hydrogens is 215 g/mol. The Hall–Kier alpha value is -0.600. The van der Waals surface area contributed by atoms with Crippen molar-refractivity contribution >= 4 is 5.84 Å². The first-order valence-corrected chi connectivity index (χ1v) is 6.88. The number of aliphatic imine (C=N–C) groups is 1. The van der Waals surface area contributed by atoms with E-state index in [2.05, 4.69) is 44.9 Å². The van der Waals surface area contributed by atoms with Crippen molar-refractivity contribution in [1.29, 1.82) is 0 Å². The van der Waals surface area contributed by atoms with Gasteiger partial charge < -0.3 is 5.32 Å². The number of halogens is 1. The molecule has 0 fully saturated rings. The maximum Gasteiger partial charge on any atom is 0.0970 e. The van der Waals surface area contributed by atoms with Crippen molar-refractivity contribution in [3.63, 3.8) is 0 Å². The van der Waals surface area contributed by atoms with Gasteiger partial charge in [0.05, 0.1) is 12.5 Å². The highest BCUT2D eigenvalue weighted by atomic mass is 19.1. The molecule has 0 spiro atoms. The summed E-state index contributed by atoms with van der Waals surface area (Å²) in [5.41, 5.74) is -0.157. The topological polar surface area (TPSA) is 24.4 Å². The number of hydrogen-bond acceptors (Lipinski definition) is 1. The smallest absolute Gasteiger partial charge is 0.0970 e. The summed E-state index contributed by atoms with van der Waals surface area (Å²) in [6.45, 7) is 10.2. The number of rotatable bonds is 8. The summed E-state index contributed by atoms with van der Waals surface area (Å²) in [6, 6.07) is 0.292. The van der Waals surface area contributed by atoms with E-state index in [-0.39, 0.29) is 12.2 Å². The van der Waals surface area contributed by atoms with Crippen LogP contribution in [0.25, 0.3) is 0 Å². The van der Waals surface area contributed by atoms with Crippen LogP contribution >= 0.6 is 0 Å². The van der Waals surface area contributed by atoms with Crippen molar-refractivity contribution in [3.05, 3.63) is 0 Å². The van der Waals surface area contributed by atoms with Gasteiger partial charge in [0.15, 0.2) is 0 Å². The Morgan fingerprint density at radius 2 is 2.00 bits per heavy atom. The van der Waals surface area contributed by atoms with Crippen molar-refractivity contribution in [1.82, 2.24) is 5.32 Å². The molecule has 0 aromatic carbocycles. The van der Waals surface area contributed by atoms with Gasteiger partial charge in [-0.15, -0.1) is 0 Å². The lowest BCUT2D eigenvalue weighted by atomic mass is 9.94. The van der Waals surface area contributed by atoms with Gasteiger partial charge in [0.2, 0.25) is 0 Å². The number of alkyl halides is 1. The molecule has 0 aromatic heterocycles. The van der Waals surface area contributed by atoms with Crippen LogP contribution in [0, 0.1) is 0 Å². The molecule has 1 N–H and O–H groups in total. The molecule has 0 amide bonds. The third kappa shape index (κ3) is 7.35. The highest BCUT2D eigenvalue weighted by molar-refractivity contribution is 5.83. The molecule has 0 saturated heterocycles. The molecule has 1 unspecified atom stereocenters. The largest absolute Gasteiger partial charge is 0.369 e. The standard InChI is InChI=1S/C14H29FN2/c1-6-8-9-13(16-12(3)4)17-14(5,7-2)10-11-15/h12H,6-11H2,1-5H3,(H,16,17). The minimum atomic E-state index is -0.278. The zero-order chi connectivity index (χ0) is 13.3. The summed E-state index contributed by atoms with van der Waals surface area (Å²) in [4.78, 5) is 4.61. The molecule has 0 bridgehead atoms. The minimum Gasteiger partial charge on any atom is -0.369 e. The lowest BCUT2D eigenvalue weighted by Crippen LogP contribution is -2.46. The molecule has 102 valence electrons. The Balaban J connectivity index is 4.59. The molecule has 0 radical (unpaired) electrons. The van der Waals surface area contributed by atoms with Crippen molar-refractivity contribution in [3.8, 4) is 0 Å². The average molecular weight is 244 g/mol. The van der Waals surface area contributed by atoms with E-state index < -0.39 is 0 Å². The van der Waals surface area contributed by atoms with E-state index in [0.717, 1.165) is 31.5 Å². The van der Waals surface area contributed by atoms with Crippen LogP contribution < -0.4 is 5.32 Å². The lowest BCUT2D eigenvalue weighted by molar-refractivity contribution is 0.318. The van der Waals surface area contributed by atoms with Gasteiger partial charge in [0, 0.05) is 18.0 Å². The highest BCUT2D eigenvalue weighted by Crippen LogP contribution is 2.16. The lowest BCUT2D eigenvalue weighted by Gasteiger charge is -2.31. The second-order valence-electron chi connectivity index (χ2n) is 5.25. The quantitative estimate of drug-likeness (QED) is 0.504. The molecule has 0 aliphatic carbocycles. The van der Waals surface area contributed by atoms with Gasteiger partial charge in [-0.2, -0.15) is 0 Å². The van der Waals surface area contributed by atoms with Gasteiger partial charge >= 0.3 is 0 Å². The summed E-state index contributed by atoms with van der Waals surface area (Å²) in [5.74, 6) is 1.04. The summed E-state index contributed by atoms with van der Waals surface area (Å²) >= 11 is 0. The van der Waals surface area contributed by atoms with Crippen LogP contribution in [0.5, 0.6) is 0 Å². The summed E-state index contributed by atoms with van der Waals surface area (Å²) < 4.78 is 12.6. The van der Waals surface area contributed by atoms with Crippen LogP contribution in [-0.4, -0.2) is 24.1 Å². The maximum absolute atomic E-state index is 12.6. The zero-order valence-corrected chi connectivity index (χ0v) is 12.1. The monoisotopic (exact) mass is 244 g/mol. The Bertz CT molecular complexity index is 226. The molecule has 0 aromatic rings. The third-order valence-electron chi connectivity index (χ3n) is 3.05. The van der Waals surface area contributed by atoms with E-state index in [9.17, 15) is 4.39 Å². The molecule has 0 heterocycles. The van der Waals surface area contributed by atoms with Gasteiger partial charge in [-0.25, -0.2) is 0 Å². The van der Waals surface area contributed by atoms with Gasteiger partial charge in [-0.3, -0.25) is 9.38 Å². The fourth-order valence-corrected chi connectivity index (χ4v) is 1.70. The van der Waals surface area contributed by atoms with Crippen LogP contribution in [0.2, 0.25) is 0 Å². The van der Waals surface area contributed by atoms with Crippen LogP contribution in [0.15, 0.2) is 4.99 Å². The fraction of sp³-hybridized carbons (Fsp3) is 0.929. The summed E-state index contributed by atoms with van der Waals surface area (Å²) in [5, 5.41) is 3.46. The Morgan fingerprint density at radius 1 is 1.35 bits per heavy atom. The molecule has 0 rings (SSSR count). The number of amidine groups is 1. The van der Waals surface area contributed by atoms with E-state index in [1.54, 1.807) is 0 Å². The first-order chi connectivity index (χ1) is 7.97. The van der Waals surface area contributed by atoms with Crippen molar-refractivity contribution in [2.45, 2.75) is 78.3 Å². The van der Waals surface area contributed by atoms with E-state index >= 15 is 0 Å². The van der Waals surface area contributed by atoms with Crippen molar-refractivity contribution in [2.24, 2.45) is 4.99 Å². The molecule has 0 saturated carbocycles. The summed E-state index contributed by atoms with van der Waals surface area (Å²) in [6.07, 6.45) is 4.72. The van der Waals surface area contributed by atoms with Crippen LogP contribution in [0.1, 0.15) is 66.7 Å². The van der Waals surface area contributed by atoms with Gasteiger partial charge in [-0.1, -0.05) is 20.3 Å². The third-order valence-corrected chi connectivity index (χ3v) is 3.05. The van der Waals surface area contributed by atoms with E-state index in [4.69, 9.17) is 0 Å². The van der Waals surface area contributed by atoms with Gasteiger partial charge in [0.25, 0.3) is 0 Å². The average Bonchev–Trinajstić information content (AvgIpc) is 2.25. The van der Waals surface area contributed by atoms with Gasteiger partial charge in [-0.05, 0) is 40.0 Å². The number of nitrogens with one attached hydrogen (secondary N) is 1. The van der Waals surface area contributed by atoms with E-state index in [1.807, 2.05) is 0 Å². The number of hydrogen-bond donors (Lipinski definition) is 1. The molecule has 0 aliphatic rings. The number of nitrogens with zero attached hydrogens (tertiary/aromatic N) is 1. The van der Waals surface area contributed by atoms with Crippen LogP contribution in [0.3, 0.4) is 0 Å². The molecule has 0 aliphatic heterocycles. The van der Waals surface area contributed by atoms with Crippen LogP contribution in [0.4, 0.5) is 4.39 Å². The zero-order valence-electron chi connectivity index (χ0n) is 12.1. The predicted molar refractivity (Wildman–Crippen MR) is 74.5 cm³/mol. The predicted octanol–water partition coefficient (Wildman–Crippen LogP) is 4.10. The normalized spacial score (nSPS) is 16.1. The van der Waals surface area contributed by atoms with Crippen molar-refractivity contribution in [2.75, 3.05) is 6.67 Å². The van der Waals surface area contributed by atoms with E-state index in [1.165, 1.54) is 0 Å². The molecule has 2 nitrogen and oxygen atoms in total. The van der Waals surface area contributed by atoms with E-state index in [0.29, 0.717) is 12.5 Å². The SMILES string of the molecule is CCCCC(=NC(C)C)NC(C)(CC)CCF. The molecular formula is C14H29FN2. The highest BCUT2D eigenvalue weighted by Gasteiger charge is 2.22. The Labute approximate surface area is 106 Å². The summed E-state index contributed by atoms with van der Waals surface area (Å²) in [7, 11) is 0. The first kappa shape index (κ1) is 16.4. The fourth-order valence-electron chi connectivity index (χ4n) is 1.70. The molecule has 17 heavy (non-hydrogen) atoms. The Kier molecular flexibility index (Phi) is 8.19. The molecule has 1 atom stereocenters. The minimum absolute atomic E-state index is 0.157. The number of unbranched alkanes of at least 4 members (excludes halogenated alkanes) is 1.